The van der Waals surface area contributed by atoms with Gasteiger partial charge < -0.3 is 14.4 Å². The van der Waals surface area contributed by atoms with E-state index < -0.39 is 5.60 Å². The van der Waals surface area contributed by atoms with Crippen molar-refractivity contribution in [2.75, 3.05) is 26.3 Å². The SMILES string of the molecule is CC(C)(Oc1ccc(N=C=S)cc1)C(=O)N1CCOCC1. The summed E-state index contributed by atoms with van der Waals surface area (Å²) in [6, 6.07) is 7.06. The van der Waals surface area contributed by atoms with Crippen molar-refractivity contribution in [1.82, 2.24) is 4.90 Å². The summed E-state index contributed by atoms with van der Waals surface area (Å²) in [6.07, 6.45) is 0. The number of hydrogen-bond donors (Lipinski definition) is 0. The molecule has 1 aliphatic rings. The monoisotopic (exact) mass is 306 g/mol. The van der Waals surface area contributed by atoms with Crippen molar-refractivity contribution in [3.8, 4) is 5.75 Å². The molecule has 0 aliphatic carbocycles. The topological polar surface area (TPSA) is 51.1 Å². The number of ether oxygens (including phenoxy) is 2. The average molecular weight is 306 g/mol. The zero-order valence-electron chi connectivity index (χ0n) is 12.2. The zero-order valence-corrected chi connectivity index (χ0v) is 13.0. The second-order valence-corrected chi connectivity index (χ2v) is 5.40. The third kappa shape index (κ3) is 4.11. The normalized spacial score (nSPS) is 15.2. The number of thiocarbonyl (C=S) groups is 1. The molecule has 21 heavy (non-hydrogen) atoms. The lowest BCUT2D eigenvalue weighted by molar-refractivity contribution is -0.149. The number of amides is 1. The Morgan fingerprint density at radius 3 is 2.52 bits per heavy atom. The standard InChI is InChI=1S/C15H18N2O3S/c1-15(2,14(18)17-7-9-19-10-8-17)20-13-5-3-12(4-6-13)16-11-21/h3-6H,7-10H2,1-2H3. The van der Waals surface area contributed by atoms with Crippen LogP contribution >= 0.6 is 12.2 Å². The van der Waals surface area contributed by atoms with Crippen molar-refractivity contribution in [3.63, 3.8) is 0 Å². The van der Waals surface area contributed by atoms with Crippen LogP contribution < -0.4 is 4.74 Å². The molecule has 0 saturated carbocycles. The lowest BCUT2D eigenvalue weighted by Crippen LogP contribution is -2.52. The molecule has 0 radical (unpaired) electrons. The van der Waals surface area contributed by atoms with Gasteiger partial charge in [-0.2, -0.15) is 4.99 Å². The maximum Gasteiger partial charge on any atom is 0.266 e. The van der Waals surface area contributed by atoms with Gasteiger partial charge in [0, 0.05) is 13.1 Å². The van der Waals surface area contributed by atoms with Gasteiger partial charge in [0.1, 0.15) is 5.75 Å². The van der Waals surface area contributed by atoms with E-state index in [9.17, 15) is 4.79 Å². The molecule has 0 spiro atoms. The van der Waals surface area contributed by atoms with Gasteiger partial charge in [0.25, 0.3) is 5.91 Å². The number of rotatable bonds is 4. The van der Waals surface area contributed by atoms with E-state index in [1.54, 1.807) is 43.0 Å². The molecule has 1 aromatic carbocycles. The molecular formula is C15H18N2O3S. The van der Waals surface area contributed by atoms with E-state index in [0.717, 1.165) is 0 Å². The fourth-order valence-corrected chi connectivity index (χ4v) is 2.23. The number of morpholine rings is 1. The maximum absolute atomic E-state index is 12.5. The first-order valence-electron chi connectivity index (χ1n) is 6.77. The Balaban J connectivity index is 2.05. The lowest BCUT2D eigenvalue weighted by Gasteiger charge is -2.34. The van der Waals surface area contributed by atoms with E-state index >= 15 is 0 Å². The van der Waals surface area contributed by atoms with Crippen LogP contribution in [0.3, 0.4) is 0 Å². The first-order valence-corrected chi connectivity index (χ1v) is 7.18. The van der Waals surface area contributed by atoms with Crippen LogP contribution in [-0.4, -0.2) is 47.9 Å². The fourth-order valence-electron chi connectivity index (χ4n) is 2.13. The van der Waals surface area contributed by atoms with Gasteiger partial charge >= 0.3 is 0 Å². The largest absolute Gasteiger partial charge is 0.478 e. The Hall–Kier alpha value is -1.75. The first-order chi connectivity index (χ1) is 10.0. The van der Waals surface area contributed by atoms with Gasteiger partial charge in [0.2, 0.25) is 0 Å². The molecule has 1 fully saturated rings. The molecule has 0 bridgehead atoms. The Morgan fingerprint density at radius 2 is 1.95 bits per heavy atom. The molecule has 1 amide bonds. The van der Waals surface area contributed by atoms with Crippen LogP contribution in [0.15, 0.2) is 29.3 Å². The third-order valence-electron chi connectivity index (χ3n) is 3.20. The highest BCUT2D eigenvalue weighted by atomic mass is 32.1. The molecule has 0 aromatic heterocycles. The van der Waals surface area contributed by atoms with Gasteiger partial charge in [0.15, 0.2) is 5.60 Å². The summed E-state index contributed by atoms with van der Waals surface area (Å²) in [5.74, 6) is 0.580. The van der Waals surface area contributed by atoms with Crippen LogP contribution in [0.5, 0.6) is 5.75 Å². The molecule has 0 N–H and O–H groups in total. The minimum atomic E-state index is -0.924. The summed E-state index contributed by atoms with van der Waals surface area (Å²) >= 11 is 4.55. The molecule has 1 saturated heterocycles. The van der Waals surface area contributed by atoms with Crippen molar-refractivity contribution >= 4 is 29.0 Å². The predicted molar refractivity (Wildman–Crippen MR) is 83.2 cm³/mol. The van der Waals surface area contributed by atoms with Gasteiger partial charge in [-0.05, 0) is 50.3 Å². The van der Waals surface area contributed by atoms with Crippen LogP contribution in [0.25, 0.3) is 0 Å². The Kier molecular flexibility index (Phi) is 5.07. The average Bonchev–Trinajstić information content (AvgIpc) is 2.49. The molecule has 1 heterocycles. The lowest BCUT2D eigenvalue weighted by atomic mass is 10.1. The number of benzene rings is 1. The minimum absolute atomic E-state index is 0.0354. The molecule has 2 rings (SSSR count). The summed E-state index contributed by atoms with van der Waals surface area (Å²) in [7, 11) is 0. The zero-order chi connectivity index (χ0) is 15.3. The van der Waals surface area contributed by atoms with E-state index in [1.807, 2.05) is 0 Å². The summed E-state index contributed by atoms with van der Waals surface area (Å²) < 4.78 is 11.1. The number of hydrogen-bond acceptors (Lipinski definition) is 5. The second kappa shape index (κ2) is 6.80. The summed E-state index contributed by atoms with van der Waals surface area (Å²) in [4.78, 5) is 18.1. The molecule has 0 unspecified atom stereocenters. The molecule has 1 aliphatic heterocycles. The van der Waals surface area contributed by atoms with Crippen LogP contribution in [0, 0.1) is 0 Å². The number of aliphatic imine (C=N–C) groups is 1. The van der Waals surface area contributed by atoms with Crippen molar-refractivity contribution < 1.29 is 14.3 Å². The van der Waals surface area contributed by atoms with Crippen LogP contribution in [0.4, 0.5) is 5.69 Å². The number of carbonyl (C=O) groups is 1. The fraction of sp³-hybridized carbons (Fsp3) is 0.467. The van der Waals surface area contributed by atoms with Crippen LogP contribution in [0.1, 0.15) is 13.8 Å². The molecule has 6 heteroatoms. The smallest absolute Gasteiger partial charge is 0.266 e. The summed E-state index contributed by atoms with van der Waals surface area (Å²) in [5, 5.41) is 2.31. The van der Waals surface area contributed by atoms with E-state index in [-0.39, 0.29) is 5.91 Å². The Morgan fingerprint density at radius 1 is 1.33 bits per heavy atom. The first kappa shape index (κ1) is 15.6. The van der Waals surface area contributed by atoms with Crippen molar-refractivity contribution in [3.05, 3.63) is 24.3 Å². The van der Waals surface area contributed by atoms with Crippen LogP contribution in [0.2, 0.25) is 0 Å². The predicted octanol–water partition coefficient (Wildman–Crippen LogP) is 2.44. The Bertz CT molecular complexity index is 545. The van der Waals surface area contributed by atoms with E-state index in [4.69, 9.17) is 9.47 Å². The van der Waals surface area contributed by atoms with E-state index in [0.29, 0.717) is 37.7 Å². The Labute approximate surface area is 129 Å². The van der Waals surface area contributed by atoms with E-state index in [2.05, 4.69) is 22.4 Å². The maximum atomic E-state index is 12.5. The van der Waals surface area contributed by atoms with Gasteiger partial charge in [-0.15, -0.1) is 0 Å². The quantitative estimate of drug-likeness (QED) is 0.633. The van der Waals surface area contributed by atoms with Crippen molar-refractivity contribution in [2.45, 2.75) is 19.4 Å². The molecule has 1 aromatic rings. The van der Waals surface area contributed by atoms with Gasteiger partial charge in [-0.25, -0.2) is 0 Å². The highest BCUT2D eigenvalue weighted by Gasteiger charge is 2.34. The number of carbonyl (C=O) groups excluding carboxylic acids is 1. The molecule has 112 valence electrons. The van der Waals surface area contributed by atoms with Gasteiger partial charge in [-0.1, -0.05) is 0 Å². The summed E-state index contributed by atoms with van der Waals surface area (Å²) in [6.45, 7) is 5.90. The summed E-state index contributed by atoms with van der Waals surface area (Å²) in [5.41, 5.74) is -0.221. The number of nitrogens with zero attached hydrogens (tertiary/aromatic N) is 2. The van der Waals surface area contributed by atoms with Gasteiger partial charge in [-0.3, -0.25) is 4.79 Å². The minimum Gasteiger partial charge on any atom is -0.478 e. The highest BCUT2D eigenvalue weighted by Crippen LogP contribution is 2.23. The highest BCUT2D eigenvalue weighted by molar-refractivity contribution is 7.78. The van der Waals surface area contributed by atoms with Crippen LogP contribution in [-0.2, 0) is 9.53 Å². The van der Waals surface area contributed by atoms with Crippen molar-refractivity contribution in [2.24, 2.45) is 4.99 Å². The van der Waals surface area contributed by atoms with Gasteiger partial charge in [0.05, 0.1) is 24.1 Å². The molecule has 0 atom stereocenters. The third-order valence-corrected chi connectivity index (χ3v) is 3.29. The molecule has 5 nitrogen and oxygen atoms in total. The number of isothiocyanates is 1. The second-order valence-electron chi connectivity index (χ2n) is 5.21. The van der Waals surface area contributed by atoms with E-state index in [1.165, 1.54) is 0 Å². The van der Waals surface area contributed by atoms with Crippen molar-refractivity contribution in [1.29, 1.82) is 0 Å². The molecular weight excluding hydrogens is 288 g/mol.